The second-order valence-electron chi connectivity index (χ2n) is 4.84. The summed E-state index contributed by atoms with van der Waals surface area (Å²) in [7, 11) is 0. The Hall–Kier alpha value is -2.34. The number of halogens is 1. The molecule has 3 rings (SSSR count). The van der Waals surface area contributed by atoms with Gasteiger partial charge in [0.05, 0.1) is 10.7 Å². The zero-order valence-corrected chi connectivity index (χ0v) is 11.7. The van der Waals surface area contributed by atoms with E-state index in [0.29, 0.717) is 35.2 Å². The van der Waals surface area contributed by atoms with Crippen molar-refractivity contribution in [2.24, 2.45) is 0 Å². The summed E-state index contributed by atoms with van der Waals surface area (Å²) < 4.78 is 0. The van der Waals surface area contributed by atoms with Crippen LogP contribution in [0, 0.1) is 0 Å². The largest absolute Gasteiger partial charge is 0.493 e. The van der Waals surface area contributed by atoms with E-state index >= 15 is 0 Å². The molecule has 1 saturated heterocycles. The van der Waals surface area contributed by atoms with Crippen molar-refractivity contribution in [3.05, 3.63) is 41.0 Å². The molecular formula is C14H12ClN3O3. The van der Waals surface area contributed by atoms with Gasteiger partial charge in [0.2, 0.25) is 5.88 Å². The Bertz CT molecular complexity index is 702. The Kier molecular flexibility index (Phi) is 3.39. The Labute approximate surface area is 125 Å². The fourth-order valence-corrected chi connectivity index (χ4v) is 2.47. The summed E-state index contributed by atoms with van der Waals surface area (Å²) >= 11 is 6.11. The lowest BCUT2D eigenvalue weighted by Gasteiger charge is -2.36. The molecule has 1 fully saturated rings. The minimum absolute atomic E-state index is 0.0313. The maximum Gasteiger partial charge on any atom is 0.407 e. The molecule has 2 aromatic rings. The summed E-state index contributed by atoms with van der Waals surface area (Å²) in [5.41, 5.74) is 1.25. The number of rotatable bonds is 2. The molecule has 0 saturated carbocycles. The first-order valence-electron chi connectivity index (χ1n) is 6.35. The van der Waals surface area contributed by atoms with Crippen LogP contribution in [0.2, 0.25) is 5.02 Å². The maximum absolute atomic E-state index is 10.8. The number of hydrogen-bond acceptors (Lipinski definition) is 4. The number of aromatic nitrogens is 2. The highest BCUT2D eigenvalue weighted by Crippen LogP contribution is 2.31. The topological polar surface area (TPSA) is 86.5 Å². The van der Waals surface area contributed by atoms with E-state index < -0.39 is 6.09 Å². The molecule has 1 amide bonds. The van der Waals surface area contributed by atoms with Crippen LogP contribution < -0.4 is 0 Å². The third-order valence-electron chi connectivity index (χ3n) is 3.42. The van der Waals surface area contributed by atoms with Gasteiger partial charge in [-0.2, -0.15) is 4.98 Å². The van der Waals surface area contributed by atoms with Crippen LogP contribution >= 0.6 is 11.6 Å². The lowest BCUT2D eigenvalue weighted by molar-refractivity contribution is 0.104. The average Bonchev–Trinajstić information content (AvgIpc) is 2.36. The monoisotopic (exact) mass is 305 g/mol. The summed E-state index contributed by atoms with van der Waals surface area (Å²) in [6, 6.07) is 8.56. The first kappa shape index (κ1) is 13.6. The molecule has 108 valence electrons. The second kappa shape index (κ2) is 5.21. The summed E-state index contributed by atoms with van der Waals surface area (Å²) in [6.07, 6.45) is -0.948. The van der Waals surface area contributed by atoms with Crippen molar-refractivity contribution in [3.63, 3.8) is 0 Å². The normalized spacial score (nSPS) is 14.8. The summed E-state index contributed by atoms with van der Waals surface area (Å²) in [5.74, 6) is 0.157. The Morgan fingerprint density at radius 2 is 2.00 bits per heavy atom. The van der Waals surface area contributed by atoms with Gasteiger partial charge in [-0.15, -0.1) is 0 Å². The van der Waals surface area contributed by atoms with E-state index in [0.717, 1.165) is 0 Å². The van der Waals surface area contributed by atoms with E-state index in [1.165, 1.54) is 11.0 Å². The van der Waals surface area contributed by atoms with Crippen molar-refractivity contribution >= 4 is 17.7 Å². The minimum Gasteiger partial charge on any atom is -0.493 e. The third-order valence-corrected chi connectivity index (χ3v) is 3.75. The number of likely N-dealkylation sites (tertiary alicyclic amines) is 1. The van der Waals surface area contributed by atoms with Gasteiger partial charge < -0.3 is 15.1 Å². The zero-order chi connectivity index (χ0) is 15.0. The predicted octanol–water partition coefficient (Wildman–Crippen LogP) is 2.58. The summed E-state index contributed by atoms with van der Waals surface area (Å²) in [4.78, 5) is 20.5. The molecule has 1 aliphatic rings. The quantitative estimate of drug-likeness (QED) is 0.890. The smallest absolute Gasteiger partial charge is 0.407 e. The molecule has 1 aliphatic heterocycles. The zero-order valence-electron chi connectivity index (χ0n) is 10.9. The molecule has 0 aliphatic carbocycles. The van der Waals surface area contributed by atoms with Crippen LogP contribution in [-0.4, -0.2) is 44.3 Å². The highest BCUT2D eigenvalue weighted by molar-refractivity contribution is 6.33. The molecule has 0 spiro atoms. The van der Waals surface area contributed by atoms with E-state index in [1.807, 2.05) is 6.07 Å². The van der Waals surface area contributed by atoms with Crippen molar-refractivity contribution in [3.8, 4) is 17.3 Å². The van der Waals surface area contributed by atoms with Gasteiger partial charge >= 0.3 is 6.09 Å². The van der Waals surface area contributed by atoms with Crippen molar-refractivity contribution in [1.29, 1.82) is 0 Å². The van der Waals surface area contributed by atoms with Crippen LogP contribution in [0.15, 0.2) is 30.3 Å². The number of carbonyl (C=O) groups is 1. The fourth-order valence-electron chi connectivity index (χ4n) is 2.25. The van der Waals surface area contributed by atoms with E-state index in [-0.39, 0.29) is 11.8 Å². The molecule has 2 heterocycles. The highest BCUT2D eigenvalue weighted by atomic mass is 35.5. The lowest BCUT2D eigenvalue weighted by Crippen LogP contribution is -2.48. The maximum atomic E-state index is 10.8. The van der Waals surface area contributed by atoms with E-state index in [4.69, 9.17) is 16.7 Å². The van der Waals surface area contributed by atoms with Crippen LogP contribution in [0.25, 0.3) is 11.4 Å². The molecule has 7 heteroatoms. The van der Waals surface area contributed by atoms with Gasteiger partial charge in [0.1, 0.15) is 0 Å². The number of hydrogen-bond donors (Lipinski definition) is 2. The number of amides is 1. The van der Waals surface area contributed by atoms with E-state index in [2.05, 4.69) is 9.97 Å². The van der Waals surface area contributed by atoms with Gasteiger partial charge in [-0.05, 0) is 12.1 Å². The molecule has 0 atom stereocenters. The van der Waals surface area contributed by atoms with Crippen molar-refractivity contribution < 1.29 is 15.0 Å². The van der Waals surface area contributed by atoms with Crippen LogP contribution in [-0.2, 0) is 0 Å². The SMILES string of the molecule is O=C(O)N1CC(c2cc(O)nc(-c3ccccc3Cl)n2)C1. The lowest BCUT2D eigenvalue weighted by atomic mass is 9.96. The predicted molar refractivity (Wildman–Crippen MR) is 76.5 cm³/mol. The summed E-state index contributed by atoms with van der Waals surface area (Å²) in [6.45, 7) is 0.738. The highest BCUT2D eigenvalue weighted by Gasteiger charge is 2.33. The molecule has 21 heavy (non-hydrogen) atoms. The van der Waals surface area contributed by atoms with Crippen LogP contribution in [0.3, 0.4) is 0 Å². The molecule has 6 nitrogen and oxygen atoms in total. The molecule has 1 aromatic carbocycles. The standard InChI is InChI=1S/C14H12ClN3O3/c15-10-4-2-1-3-9(10)13-16-11(5-12(19)17-13)8-6-18(7-8)14(20)21/h1-5,8H,6-7H2,(H,20,21)(H,16,17,19). The van der Waals surface area contributed by atoms with Gasteiger partial charge in [0.25, 0.3) is 0 Å². The first-order chi connectivity index (χ1) is 10.0. The first-order valence-corrected chi connectivity index (χ1v) is 6.73. The van der Waals surface area contributed by atoms with Crippen LogP contribution in [0.4, 0.5) is 4.79 Å². The molecule has 0 unspecified atom stereocenters. The fraction of sp³-hybridized carbons (Fsp3) is 0.214. The molecule has 0 radical (unpaired) electrons. The third kappa shape index (κ3) is 2.62. The number of carboxylic acid groups (broad SMARTS) is 1. The average molecular weight is 306 g/mol. The Balaban J connectivity index is 1.91. The molecule has 2 N–H and O–H groups in total. The Morgan fingerprint density at radius 1 is 1.29 bits per heavy atom. The van der Waals surface area contributed by atoms with Gasteiger partial charge in [-0.3, -0.25) is 0 Å². The summed E-state index contributed by atoms with van der Waals surface area (Å²) in [5, 5.41) is 19.1. The molecular weight excluding hydrogens is 294 g/mol. The Morgan fingerprint density at radius 3 is 2.67 bits per heavy atom. The van der Waals surface area contributed by atoms with Gasteiger partial charge in [0.15, 0.2) is 5.82 Å². The number of aromatic hydroxyl groups is 1. The van der Waals surface area contributed by atoms with E-state index in [1.54, 1.807) is 18.2 Å². The molecule has 0 bridgehead atoms. The second-order valence-corrected chi connectivity index (χ2v) is 5.25. The van der Waals surface area contributed by atoms with Gasteiger partial charge in [0, 0.05) is 30.6 Å². The van der Waals surface area contributed by atoms with Crippen molar-refractivity contribution in [2.75, 3.05) is 13.1 Å². The molecule has 1 aromatic heterocycles. The van der Waals surface area contributed by atoms with Crippen molar-refractivity contribution in [2.45, 2.75) is 5.92 Å². The van der Waals surface area contributed by atoms with E-state index in [9.17, 15) is 9.90 Å². The minimum atomic E-state index is -0.948. The van der Waals surface area contributed by atoms with Crippen LogP contribution in [0.5, 0.6) is 5.88 Å². The number of nitrogens with zero attached hydrogens (tertiary/aromatic N) is 3. The number of benzene rings is 1. The van der Waals surface area contributed by atoms with Gasteiger partial charge in [-0.25, -0.2) is 9.78 Å². The van der Waals surface area contributed by atoms with Crippen molar-refractivity contribution in [1.82, 2.24) is 14.9 Å². The van der Waals surface area contributed by atoms with Crippen LogP contribution in [0.1, 0.15) is 11.6 Å². The van der Waals surface area contributed by atoms with Gasteiger partial charge in [-0.1, -0.05) is 23.7 Å².